The normalized spacial score (nSPS) is 20.4. The highest BCUT2D eigenvalue weighted by atomic mass is 32.1. The highest BCUT2D eigenvalue weighted by Crippen LogP contribution is 2.35. The van der Waals surface area contributed by atoms with Crippen molar-refractivity contribution in [1.29, 1.82) is 0 Å². The third-order valence-corrected chi connectivity index (χ3v) is 6.13. The summed E-state index contributed by atoms with van der Waals surface area (Å²) in [5.41, 5.74) is 3.83. The van der Waals surface area contributed by atoms with Crippen molar-refractivity contribution >= 4 is 22.4 Å². The first-order valence-electron chi connectivity index (χ1n) is 9.32. The molecule has 1 aliphatic heterocycles. The van der Waals surface area contributed by atoms with Crippen molar-refractivity contribution in [2.45, 2.75) is 51.0 Å². The van der Waals surface area contributed by atoms with Crippen molar-refractivity contribution < 1.29 is 4.79 Å². The Hall–Kier alpha value is -1.72. The van der Waals surface area contributed by atoms with E-state index >= 15 is 0 Å². The lowest BCUT2D eigenvalue weighted by atomic mass is 9.97. The van der Waals surface area contributed by atoms with E-state index in [0.717, 1.165) is 30.2 Å². The Kier molecular flexibility index (Phi) is 5.13. The molecule has 0 radical (unpaired) electrons. The number of rotatable bonds is 5. The molecule has 1 amide bonds. The number of carbonyl (C=O) groups is 1. The number of benzene rings is 1. The molecule has 2 heterocycles. The lowest BCUT2D eigenvalue weighted by Gasteiger charge is -2.25. The second kappa shape index (κ2) is 7.67. The molecule has 1 N–H and O–H groups in total. The molecule has 1 aromatic heterocycles. The van der Waals surface area contributed by atoms with Crippen LogP contribution in [0.5, 0.6) is 0 Å². The van der Waals surface area contributed by atoms with Gasteiger partial charge < -0.3 is 5.32 Å². The summed E-state index contributed by atoms with van der Waals surface area (Å²) in [5.74, 6) is 0.435. The van der Waals surface area contributed by atoms with Crippen molar-refractivity contribution in [3.63, 3.8) is 0 Å². The Bertz CT molecular complexity index is 736. The van der Waals surface area contributed by atoms with Crippen molar-refractivity contribution in [2.75, 3.05) is 18.4 Å². The minimum absolute atomic E-state index is 0.0839. The number of anilines is 1. The average molecular weight is 356 g/mol. The third kappa shape index (κ3) is 4.10. The van der Waals surface area contributed by atoms with E-state index in [1.165, 1.54) is 43.5 Å². The van der Waals surface area contributed by atoms with Gasteiger partial charge in [0.05, 0.1) is 5.69 Å². The van der Waals surface area contributed by atoms with Gasteiger partial charge in [-0.05, 0) is 55.8 Å². The maximum atomic E-state index is 12.4. The zero-order chi connectivity index (χ0) is 17.1. The number of nitrogens with zero attached hydrogens (tertiary/aromatic N) is 2. The summed E-state index contributed by atoms with van der Waals surface area (Å²) in [4.78, 5) is 19.5. The summed E-state index contributed by atoms with van der Waals surface area (Å²) in [5, 5.41) is 5.82. The van der Waals surface area contributed by atoms with E-state index in [1.54, 1.807) is 11.3 Å². The van der Waals surface area contributed by atoms with E-state index in [0.29, 0.717) is 12.3 Å². The van der Waals surface area contributed by atoms with Crippen LogP contribution in [-0.4, -0.2) is 28.9 Å². The molecule has 5 heteroatoms. The Morgan fingerprint density at radius 3 is 2.96 bits per heavy atom. The number of hydrogen-bond donors (Lipinski definition) is 1. The molecule has 1 aliphatic carbocycles. The van der Waals surface area contributed by atoms with Crippen molar-refractivity contribution in [1.82, 2.24) is 9.88 Å². The van der Waals surface area contributed by atoms with Gasteiger partial charge in [0, 0.05) is 18.3 Å². The van der Waals surface area contributed by atoms with Gasteiger partial charge >= 0.3 is 0 Å². The van der Waals surface area contributed by atoms with Crippen LogP contribution in [0.3, 0.4) is 0 Å². The van der Waals surface area contributed by atoms with Gasteiger partial charge in [-0.3, -0.25) is 9.69 Å². The van der Waals surface area contributed by atoms with Gasteiger partial charge in [0.25, 0.3) is 0 Å². The fraction of sp³-hybridized carbons (Fsp3) is 0.500. The monoisotopic (exact) mass is 355 g/mol. The lowest BCUT2D eigenvalue weighted by Crippen LogP contribution is -2.29. The highest BCUT2D eigenvalue weighted by molar-refractivity contribution is 7.13. The summed E-state index contributed by atoms with van der Waals surface area (Å²) >= 11 is 1.54. The van der Waals surface area contributed by atoms with Crippen LogP contribution in [0.2, 0.25) is 0 Å². The Morgan fingerprint density at radius 2 is 2.08 bits per heavy atom. The molecule has 1 unspecified atom stereocenters. The molecular weight excluding hydrogens is 330 g/mol. The summed E-state index contributed by atoms with van der Waals surface area (Å²) in [7, 11) is 0. The number of hydrogen-bond acceptors (Lipinski definition) is 4. The summed E-state index contributed by atoms with van der Waals surface area (Å²) < 4.78 is 0. The number of amides is 1. The number of aromatic nitrogens is 1. The van der Waals surface area contributed by atoms with E-state index in [4.69, 9.17) is 0 Å². The zero-order valence-electron chi connectivity index (χ0n) is 14.5. The summed E-state index contributed by atoms with van der Waals surface area (Å²) in [6.45, 7) is 3.24. The number of likely N-dealkylation sites (tertiary alicyclic amines) is 1. The molecule has 4 nitrogen and oxygen atoms in total. The number of nitrogens with one attached hydrogen (secondary N) is 1. The first-order valence-corrected chi connectivity index (χ1v) is 10.2. The molecule has 1 aromatic carbocycles. The van der Waals surface area contributed by atoms with Gasteiger partial charge in [0.2, 0.25) is 5.91 Å². The summed E-state index contributed by atoms with van der Waals surface area (Å²) in [6.07, 6.45) is 6.64. The Labute approximate surface area is 153 Å². The van der Waals surface area contributed by atoms with Crippen LogP contribution in [0.1, 0.15) is 54.8 Å². The van der Waals surface area contributed by atoms with E-state index in [2.05, 4.69) is 44.8 Å². The van der Waals surface area contributed by atoms with Crippen molar-refractivity contribution in [3.8, 4) is 0 Å². The maximum Gasteiger partial charge on any atom is 0.226 e. The molecule has 1 saturated heterocycles. The number of thiazole rings is 1. The number of fused-ring (bicyclic) bond motifs is 1. The fourth-order valence-corrected chi connectivity index (χ4v) is 4.75. The molecule has 0 saturated carbocycles. The second-order valence-electron chi connectivity index (χ2n) is 7.17. The van der Waals surface area contributed by atoms with Gasteiger partial charge in [0.15, 0.2) is 5.13 Å². The van der Waals surface area contributed by atoms with Crippen LogP contribution in [0.15, 0.2) is 29.6 Å². The molecule has 1 fully saturated rings. The van der Waals surface area contributed by atoms with E-state index < -0.39 is 0 Å². The number of aryl methyl sites for hydroxylation is 1. The lowest BCUT2D eigenvalue weighted by molar-refractivity contribution is -0.116. The molecule has 4 rings (SSSR count). The highest BCUT2D eigenvalue weighted by Gasteiger charge is 2.24. The number of piperidine rings is 1. The Balaban J connectivity index is 1.31. The fourth-order valence-electron chi connectivity index (χ4n) is 4.04. The Morgan fingerprint density at radius 1 is 1.24 bits per heavy atom. The summed E-state index contributed by atoms with van der Waals surface area (Å²) in [6, 6.07) is 8.50. The van der Waals surface area contributed by atoms with Gasteiger partial charge in [-0.2, -0.15) is 0 Å². The number of carbonyl (C=O) groups excluding carboxylic acids is 1. The first-order chi connectivity index (χ1) is 12.3. The van der Waals surface area contributed by atoms with Crippen LogP contribution < -0.4 is 5.32 Å². The van der Waals surface area contributed by atoms with Crippen LogP contribution >= 0.6 is 11.3 Å². The minimum atomic E-state index is 0.0839. The first kappa shape index (κ1) is 16.7. The van der Waals surface area contributed by atoms with Gasteiger partial charge in [-0.1, -0.05) is 30.7 Å². The minimum Gasteiger partial charge on any atom is -0.302 e. The standard InChI is InChI=1S/C20H25N3OS/c24-19(12-16-9-8-15-6-2-3-7-18(15)16)22-20-21-17(14-25-20)13-23-10-4-1-5-11-23/h2-3,6-7,14,16H,1,4-5,8-13H2,(H,21,22,24). The molecule has 2 aliphatic rings. The molecule has 132 valence electrons. The quantitative estimate of drug-likeness (QED) is 0.875. The van der Waals surface area contributed by atoms with Crippen LogP contribution in [0.4, 0.5) is 5.13 Å². The van der Waals surface area contributed by atoms with Crippen molar-refractivity contribution in [3.05, 3.63) is 46.5 Å². The van der Waals surface area contributed by atoms with E-state index in [1.807, 2.05) is 0 Å². The predicted molar refractivity (Wildman–Crippen MR) is 102 cm³/mol. The second-order valence-corrected chi connectivity index (χ2v) is 8.03. The molecule has 25 heavy (non-hydrogen) atoms. The van der Waals surface area contributed by atoms with Crippen LogP contribution in [0.25, 0.3) is 0 Å². The third-order valence-electron chi connectivity index (χ3n) is 5.32. The molecule has 2 aromatic rings. The molecule has 0 bridgehead atoms. The van der Waals surface area contributed by atoms with Gasteiger partial charge in [-0.25, -0.2) is 4.98 Å². The molecule has 0 spiro atoms. The molecule has 1 atom stereocenters. The predicted octanol–water partition coefficient (Wildman–Crippen LogP) is 4.19. The van der Waals surface area contributed by atoms with Crippen LogP contribution in [0, 0.1) is 0 Å². The molecular formula is C20H25N3OS. The van der Waals surface area contributed by atoms with Gasteiger partial charge in [0.1, 0.15) is 0 Å². The SMILES string of the molecule is O=C(CC1CCc2ccccc21)Nc1nc(CN2CCCCC2)cs1. The van der Waals surface area contributed by atoms with Crippen molar-refractivity contribution in [2.24, 2.45) is 0 Å². The smallest absolute Gasteiger partial charge is 0.226 e. The maximum absolute atomic E-state index is 12.4. The largest absolute Gasteiger partial charge is 0.302 e. The zero-order valence-corrected chi connectivity index (χ0v) is 15.4. The topological polar surface area (TPSA) is 45.2 Å². The average Bonchev–Trinajstić information content (AvgIpc) is 3.23. The van der Waals surface area contributed by atoms with Crippen LogP contribution in [-0.2, 0) is 17.8 Å². The van der Waals surface area contributed by atoms with Gasteiger partial charge in [-0.15, -0.1) is 11.3 Å². The van der Waals surface area contributed by atoms with E-state index in [9.17, 15) is 4.79 Å². The van der Waals surface area contributed by atoms with E-state index in [-0.39, 0.29) is 5.91 Å².